The number of nitrogens with two attached hydrogens (primary N) is 1. The number of primary amides is 1. The lowest BCUT2D eigenvalue weighted by molar-refractivity contribution is 0.1000. The first-order valence-electron chi connectivity index (χ1n) is 6.19. The van der Waals surface area contributed by atoms with Crippen molar-refractivity contribution in [3.8, 4) is 0 Å². The highest BCUT2D eigenvalue weighted by atomic mass is 32.2. The van der Waals surface area contributed by atoms with Crippen LogP contribution in [0.5, 0.6) is 0 Å². The number of carbonyl (C=O) groups is 1. The Morgan fingerprint density at radius 1 is 1.04 bits per heavy atom. The maximum Gasteiger partial charge on any atom is 0.264 e. The number of sulfonamides is 1. The highest BCUT2D eigenvalue weighted by molar-refractivity contribution is 7.92. The van der Waals surface area contributed by atoms with Gasteiger partial charge in [-0.15, -0.1) is 0 Å². The molecule has 23 heavy (non-hydrogen) atoms. The molecule has 0 saturated carbocycles. The highest BCUT2D eigenvalue weighted by Crippen LogP contribution is 2.23. The van der Waals surface area contributed by atoms with Crippen LogP contribution in [0.2, 0.25) is 0 Å². The van der Waals surface area contributed by atoms with E-state index in [1.165, 1.54) is 6.92 Å². The summed E-state index contributed by atoms with van der Waals surface area (Å²) >= 11 is 0. The van der Waals surface area contributed by atoms with E-state index in [2.05, 4.69) is 0 Å². The summed E-state index contributed by atoms with van der Waals surface area (Å²) in [5, 5.41) is 0. The van der Waals surface area contributed by atoms with Gasteiger partial charge in [0.1, 0.15) is 22.3 Å². The molecule has 5 nitrogen and oxygen atoms in total. The van der Waals surface area contributed by atoms with Crippen molar-refractivity contribution >= 4 is 21.6 Å². The number of halogens is 3. The maximum atomic E-state index is 13.8. The minimum Gasteiger partial charge on any atom is -0.366 e. The topological polar surface area (TPSA) is 89.3 Å². The van der Waals surface area contributed by atoms with Crippen molar-refractivity contribution in [2.24, 2.45) is 5.73 Å². The average molecular weight is 344 g/mol. The van der Waals surface area contributed by atoms with E-state index in [1.807, 2.05) is 4.72 Å². The largest absolute Gasteiger partial charge is 0.366 e. The number of amides is 1. The highest BCUT2D eigenvalue weighted by Gasteiger charge is 2.22. The monoisotopic (exact) mass is 344 g/mol. The van der Waals surface area contributed by atoms with Crippen LogP contribution in [0.1, 0.15) is 15.9 Å². The summed E-state index contributed by atoms with van der Waals surface area (Å²) in [6.45, 7) is 1.26. The first-order valence-corrected chi connectivity index (χ1v) is 7.68. The van der Waals surface area contributed by atoms with Crippen molar-refractivity contribution in [2.45, 2.75) is 11.8 Å². The van der Waals surface area contributed by atoms with Crippen LogP contribution in [0.15, 0.2) is 35.2 Å². The first-order chi connectivity index (χ1) is 10.6. The zero-order valence-corrected chi connectivity index (χ0v) is 12.5. The van der Waals surface area contributed by atoms with E-state index >= 15 is 0 Å². The third kappa shape index (κ3) is 3.45. The predicted molar refractivity (Wildman–Crippen MR) is 76.8 cm³/mol. The summed E-state index contributed by atoms with van der Waals surface area (Å²) in [5.74, 6) is -4.17. The molecule has 0 aromatic heterocycles. The summed E-state index contributed by atoms with van der Waals surface area (Å²) < 4.78 is 66.8. The molecule has 0 atom stereocenters. The number of aryl methyl sites for hydroxylation is 1. The van der Waals surface area contributed by atoms with Crippen LogP contribution in [-0.2, 0) is 10.0 Å². The summed E-state index contributed by atoms with van der Waals surface area (Å²) in [5.41, 5.74) is 4.22. The third-order valence-electron chi connectivity index (χ3n) is 3.00. The van der Waals surface area contributed by atoms with Gasteiger partial charge >= 0.3 is 0 Å². The molecule has 122 valence electrons. The van der Waals surface area contributed by atoms with Crippen LogP contribution in [0.4, 0.5) is 18.9 Å². The fourth-order valence-corrected chi connectivity index (χ4v) is 3.00. The van der Waals surface area contributed by atoms with Gasteiger partial charge in [0.2, 0.25) is 5.91 Å². The van der Waals surface area contributed by atoms with Gasteiger partial charge in [-0.3, -0.25) is 9.52 Å². The molecule has 0 radical (unpaired) electrons. The van der Waals surface area contributed by atoms with Gasteiger partial charge < -0.3 is 5.73 Å². The third-order valence-corrected chi connectivity index (χ3v) is 4.38. The summed E-state index contributed by atoms with van der Waals surface area (Å²) in [4.78, 5) is 10.1. The van der Waals surface area contributed by atoms with Gasteiger partial charge in [-0.05, 0) is 36.8 Å². The molecule has 9 heteroatoms. The van der Waals surface area contributed by atoms with E-state index in [-0.39, 0.29) is 11.1 Å². The normalized spacial score (nSPS) is 11.3. The molecule has 0 saturated heterocycles. The molecule has 0 bridgehead atoms. The fraction of sp³-hybridized carbons (Fsp3) is 0.0714. The summed E-state index contributed by atoms with van der Waals surface area (Å²) in [6.07, 6.45) is 0. The minimum absolute atomic E-state index is 0.0867. The Bertz CT molecular complexity index is 898. The number of hydrogen-bond acceptors (Lipinski definition) is 3. The van der Waals surface area contributed by atoms with Gasteiger partial charge in [-0.2, -0.15) is 0 Å². The lowest BCUT2D eigenvalue weighted by Crippen LogP contribution is -2.17. The first kappa shape index (κ1) is 16.8. The SMILES string of the molecule is Cc1cc(S(=O)(=O)Nc2ccc(C(N)=O)cc2F)c(F)cc1F. The van der Waals surface area contributed by atoms with Gasteiger partial charge in [0.15, 0.2) is 0 Å². The minimum atomic E-state index is -4.49. The second-order valence-corrected chi connectivity index (χ2v) is 6.35. The van der Waals surface area contributed by atoms with Crippen LogP contribution >= 0.6 is 0 Å². The number of benzene rings is 2. The van der Waals surface area contributed by atoms with Crippen LogP contribution in [0, 0.1) is 24.4 Å². The molecule has 1 amide bonds. The number of carbonyl (C=O) groups excluding carboxylic acids is 1. The molecule has 0 spiro atoms. The Morgan fingerprint density at radius 3 is 2.26 bits per heavy atom. The molecule has 0 unspecified atom stereocenters. The molecule has 0 fully saturated rings. The van der Waals surface area contributed by atoms with Gasteiger partial charge in [0.05, 0.1) is 5.69 Å². The Morgan fingerprint density at radius 2 is 1.70 bits per heavy atom. The molecular weight excluding hydrogens is 333 g/mol. The molecule has 2 aromatic rings. The molecule has 0 aliphatic carbocycles. The van der Waals surface area contributed by atoms with Crippen molar-refractivity contribution in [1.82, 2.24) is 0 Å². The van der Waals surface area contributed by atoms with Crippen LogP contribution in [0.25, 0.3) is 0 Å². The standard InChI is InChI=1S/C14H11F3N2O3S/c1-7-4-13(11(17)6-9(7)15)23(21,22)19-12-3-2-8(14(18)20)5-10(12)16/h2-6,19H,1H3,(H2,18,20). The van der Waals surface area contributed by atoms with Crippen molar-refractivity contribution in [3.05, 3.63) is 58.9 Å². The summed E-state index contributed by atoms with van der Waals surface area (Å²) in [6, 6.07) is 4.04. The van der Waals surface area contributed by atoms with E-state index in [9.17, 15) is 26.4 Å². The fourth-order valence-electron chi connectivity index (χ4n) is 1.79. The van der Waals surface area contributed by atoms with Crippen LogP contribution in [0.3, 0.4) is 0 Å². The van der Waals surface area contributed by atoms with E-state index in [0.717, 1.165) is 24.3 Å². The van der Waals surface area contributed by atoms with E-state index in [0.29, 0.717) is 6.07 Å². The molecular formula is C14H11F3N2O3S. The molecule has 2 rings (SSSR count). The Kier molecular flexibility index (Phi) is 4.33. The molecule has 2 aromatic carbocycles. The van der Waals surface area contributed by atoms with Crippen molar-refractivity contribution in [1.29, 1.82) is 0 Å². The Labute approximate surface area is 130 Å². The second-order valence-electron chi connectivity index (χ2n) is 4.70. The van der Waals surface area contributed by atoms with Gasteiger partial charge in [0.25, 0.3) is 10.0 Å². The zero-order chi connectivity index (χ0) is 17.4. The van der Waals surface area contributed by atoms with E-state index in [1.54, 1.807) is 0 Å². The van der Waals surface area contributed by atoms with Gasteiger partial charge in [-0.25, -0.2) is 21.6 Å². The van der Waals surface area contributed by atoms with Crippen molar-refractivity contribution in [3.63, 3.8) is 0 Å². The van der Waals surface area contributed by atoms with Crippen LogP contribution in [-0.4, -0.2) is 14.3 Å². The number of hydrogen-bond donors (Lipinski definition) is 2. The Balaban J connectivity index is 2.43. The molecule has 0 heterocycles. The predicted octanol–water partition coefficient (Wildman–Crippen LogP) is 2.31. The number of rotatable bonds is 4. The lowest BCUT2D eigenvalue weighted by atomic mass is 10.2. The van der Waals surface area contributed by atoms with E-state index in [4.69, 9.17) is 5.73 Å². The maximum absolute atomic E-state index is 13.8. The second kappa shape index (κ2) is 5.92. The van der Waals surface area contributed by atoms with Gasteiger partial charge in [-0.1, -0.05) is 0 Å². The molecule has 0 aliphatic rings. The van der Waals surface area contributed by atoms with E-state index < -0.39 is 44.0 Å². The average Bonchev–Trinajstić information content (AvgIpc) is 2.44. The van der Waals surface area contributed by atoms with Crippen molar-refractivity contribution in [2.75, 3.05) is 4.72 Å². The number of nitrogens with one attached hydrogen (secondary N) is 1. The lowest BCUT2D eigenvalue weighted by Gasteiger charge is -2.11. The van der Waals surface area contributed by atoms with Crippen LogP contribution < -0.4 is 10.5 Å². The number of anilines is 1. The quantitative estimate of drug-likeness (QED) is 0.892. The smallest absolute Gasteiger partial charge is 0.264 e. The zero-order valence-electron chi connectivity index (χ0n) is 11.7. The molecule has 0 aliphatic heterocycles. The Hall–Kier alpha value is -2.55. The van der Waals surface area contributed by atoms with Gasteiger partial charge in [0, 0.05) is 11.6 Å². The summed E-state index contributed by atoms with van der Waals surface area (Å²) in [7, 11) is -4.49. The van der Waals surface area contributed by atoms with Crippen molar-refractivity contribution < 1.29 is 26.4 Å². The molecule has 3 N–H and O–H groups in total.